The van der Waals surface area contributed by atoms with E-state index in [0.717, 1.165) is 6.42 Å². The van der Waals surface area contributed by atoms with Gasteiger partial charge in [-0.15, -0.1) is 0 Å². The van der Waals surface area contributed by atoms with E-state index in [9.17, 15) is 4.79 Å². The maximum atomic E-state index is 11.8. The second-order valence-corrected chi connectivity index (χ2v) is 4.17. The minimum atomic E-state index is -0.431. The fraction of sp³-hybridized carbons (Fsp3) is 0.600. The number of aryl methyl sites for hydroxylation is 1. The van der Waals surface area contributed by atoms with Crippen LogP contribution in [0.15, 0.2) is 4.52 Å². The summed E-state index contributed by atoms with van der Waals surface area (Å²) in [5, 5.41) is 6.30. The Kier molecular flexibility index (Phi) is 5.02. The van der Waals surface area contributed by atoms with Gasteiger partial charge >= 0.3 is 0 Å². The molecule has 0 fully saturated rings. The minimum absolute atomic E-state index is 0.197. The van der Waals surface area contributed by atoms with Crippen LogP contribution in [-0.4, -0.2) is 21.0 Å². The number of rotatable bonds is 6. The van der Waals surface area contributed by atoms with E-state index in [1.165, 1.54) is 0 Å². The molecule has 94 valence electrons. The Hall–Kier alpha value is -1.50. The van der Waals surface area contributed by atoms with Gasteiger partial charge in [0, 0.05) is 0 Å². The third-order valence-electron chi connectivity index (χ3n) is 2.22. The molecular formula is C10H16N4O2S. The van der Waals surface area contributed by atoms with Crippen molar-refractivity contribution in [2.45, 2.75) is 33.2 Å². The predicted octanol–water partition coefficient (Wildman–Crippen LogP) is 0.697. The van der Waals surface area contributed by atoms with Crippen molar-refractivity contribution in [1.29, 1.82) is 0 Å². The molecule has 0 aromatic carbocycles. The van der Waals surface area contributed by atoms with E-state index in [4.69, 9.17) is 22.5 Å². The number of nitrogens with one attached hydrogen (secondary N) is 1. The van der Waals surface area contributed by atoms with Crippen LogP contribution in [0.1, 0.15) is 31.5 Å². The first-order valence-corrected chi connectivity index (χ1v) is 5.81. The van der Waals surface area contributed by atoms with Gasteiger partial charge in [-0.05, 0) is 13.3 Å². The van der Waals surface area contributed by atoms with Gasteiger partial charge in [-0.1, -0.05) is 30.7 Å². The standard InChI is InChI=1S/C10H16N4O2S/c1-3-4-7(9(11)17)10(15)12-5-8-13-6(2)14-16-8/h7H,3-5H2,1-2H3,(H2,11,17)(H,12,15). The van der Waals surface area contributed by atoms with Gasteiger partial charge in [0.15, 0.2) is 5.82 Å². The Bertz CT molecular complexity index is 405. The van der Waals surface area contributed by atoms with Crippen LogP contribution in [0.5, 0.6) is 0 Å². The Morgan fingerprint density at radius 1 is 1.65 bits per heavy atom. The topological polar surface area (TPSA) is 94.0 Å². The molecule has 1 aromatic rings. The third kappa shape index (κ3) is 4.10. The molecule has 0 saturated heterocycles. The Morgan fingerprint density at radius 2 is 2.35 bits per heavy atom. The molecule has 1 rings (SSSR count). The molecule has 1 unspecified atom stereocenters. The number of nitrogens with zero attached hydrogens (tertiary/aromatic N) is 2. The first-order valence-electron chi connectivity index (χ1n) is 5.40. The highest BCUT2D eigenvalue weighted by Crippen LogP contribution is 2.07. The Labute approximate surface area is 105 Å². The van der Waals surface area contributed by atoms with Crippen LogP contribution < -0.4 is 11.1 Å². The SMILES string of the molecule is CCCC(C(=O)NCc1nc(C)no1)C(N)=S. The average molecular weight is 256 g/mol. The largest absolute Gasteiger partial charge is 0.393 e. The van der Waals surface area contributed by atoms with Crippen LogP contribution in [0.4, 0.5) is 0 Å². The minimum Gasteiger partial charge on any atom is -0.393 e. The van der Waals surface area contributed by atoms with Crippen molar-refractivity contribution in [2.75, 3.05) is 0 Å². The van der Waals surface area contributed by atoms with Crippen LogP contribution >= 0.6 is 12.2 Å². The Morgan fingerprint density at radius 3 is 2.82 bits per heavy atom. The molecule has 1 atom stereocenters. The molecular weight excluding hydrogens is 240 g/mol. The number of hydrogen-bond donors (Lipinski definition) is 2. The zero-order valence-corrected chi connectivity index (χ0v) is 10.7. The van der Waals surface area contributed by atoms with Crippen LogP contribution in [0.2, 0.25) is 0 Å². The van der Waals surface area contributed by atoms with E-state index in [-0.39, 0.29) is 17.4 Å². The van der Waals surface area contributed by atoms with Crippen molar-refractivity contribution in [3.63, 3.8) is 0 Å². The summed E-state index contributed by atoms with van der Waals surface area (Å²) in [6.07, 6.45) is 1.49. The highest BCUT2D eigenvalue weighted by Gasteiger charge is 2.20. The van der Waals surface area contributed by atoms with Gasteiger partial charge in [0.05, 0.1) is 17.5 Å². The first kappa shape index (κ1) is 13.6. The lowest BCUT2D eigenvalue weighted by atomic mass is 10.0. The van der Waals surface area contributed by atoms with Gasteiger partial charge in [0.25, 0.3) is 0 Å². The summed E-state index contributed by atoms with van der Waals surface area (Å²) in [7, 11) is 0. The summed E-state index contributed by atoms with van der Waals surface area (Å²) in [5.41, 5.74) is 5.52. The monoisotopic (exact) mass is 256 g/mol. The molecule has 0 saturated carbocycles. The van der Waals surface area contributed by atoms with Crippen LogP contribution in [0.25, 0.3) is 0 Å². The second-order valence-electron chi connectivity index (χ2n) is 3.70. The van der Waals surface area contributed by atoms with Crippen molar-refractivity contribution in [2.24, 2.45) is 11.7 Å². The summed E-state index contributed by atoms with van der Waals surface area (Å²) in [6.45, 7) is 3.88. The highest BCUT2D eigenvalue weighted by atomic mass is 32.1. The second kappa shape index (κ2) is 6.29. The molecule has 3 N–H and O–H groups in total. The molecule has 0 spiro atoms. The molecule has 0 aliphatic carbocycles. The summed E-state index contributed by atoms with van der Waals surface area (Å²) < 4.78 is 4.87. The lowest BCUT2D eigenvalue weighted by molar-refractivity contribution is -0.123. The summed E-state index contributed by atoms with van der Waals surface area (Å²) in [6, 6.07) is 0. The normalized spacial score (nSPS) is 12.1. The van der Waals surface area contributed by atoms with E-state index in [1.54, 1.807) is 6.92 Å². The average Bonchev–Trinajstić information content (AvgIpc) is 2.68. The Balaban J connectivity index is 2.50. The number of amides is 1. The molecule has 0 aliphatic rings. The molecule has 0 bridgehead atoms. The van der Waals surface area contributed by atoms with E-state index < -0.39 is 5.92 Å². The third-order valence-corrected chi connectivity index (χ3v) is 2.51. The molecule has 6 nitrogen and oxygen atoms in total. The lowest BCUT2D eigenvalue weighted by Gasteiger charge is -2.13. The van der Waals surface area contributed by atoms with E-state index >= 15 is 0 Å². The molecule has 0 aliphatic heterocycles. The summed E-state index contributed by atoms with van der Waals surface area (Å²) in [4.78, 5) is 16.0. The predicted molar refractivity (Wildman–Crippen MR) is 66.1 cm³/mol. The van der Waals surface area contributed by atoms with Gasteiger partial charge in [-0.25, -0.2) is 0 Å². The van der Waals surface area contributed by atoms with Gasteiger partial charge in [0.2, 0.25) is 11.8 Å². The van der Waals surface area contributed by atoms with Gasteiger partial charge in [-0.2, -0.15) is 4.98 Å². The number of nitrogens with two attached hydrogens (primary N) is 1. The number of aromatic nitrogens is 2. The van der Waals surface area contributed by atoms with Crippen molar-refractivity contribution >= 4 is 23.1 Å². The number of carbonyl (C=O) groups excluding carboxylic acids is 1. The zero-order chi connectivity index (χ0) is 12.8. The smallest absolute Gasteiger partial charge is 0.246 e. The van der Waals surface area contributed by atoms with Crippen LogP contribution in [-0.2, 0) is 11.3 Å². The van der Waals surface area contributed by atoms with Gasteiger partial charge in [0.1, 0.15) is 0 Å². The van der Waals surface area contributed by atoms with Crippen molar-refractivity contribution in [3.8, 4) is 0 Å². The zero-order valence-electron chi connectivity index (χ0n) is 9.90. The molecule has 1 amide bonds. The molecule has 0 radical (unpaired) electrons. The number of carbonyl (C=O) groups is 1. The maximum Gasteiger partial charge on any atom is 0.246 e. The molecule has 17 heavy (non-hydrogen) atoms. The maximum absolute atomic E-state index is 11.8. The fourth-order valence-corrected chi connectivity index (χ4v) is 1.61. The molecule has 1 heterocycles. The highest BCUT2D eigenvalue weighted by molar-refractivity contribution is 7.80. The number of thiocarbonyl (C=S) groups is 1. The molecule has 1 aromatic heterocycles. The number of hydrogen-bond acceptors (Lipinski definition) is 5. The van der Waals surface area contributed by atoms with Crippen LogP contribution in [0, 0.1) is 12.8 Å². The van der Waals surface area contributed by atoms with Crippen molar-refractivity contribution < 1.29 is 9.32 Å². The molecule has 7 heteroatoms. The van der Waals surface area contributed by atoms with Gasteiger partial charge < -0.3 is 15.6 Å². The van der Waals surface area contributed by atoms with Crippen molar-refractivity contribution in [1.82, 2.24) is 15.5 Å². The van der Waals surface area contributed by atoms with E-state index in [1.807, 2.05) is 6.92 Å². The van der Waals surface area contributed by atoms with Gasteiger partial charge in [-0.3, -0.25) is 4.79 Å². The summed E-state index contributed by atoms with van der Waals surface area (Å²) in [5.74, 6) is 0.275. The fourth-order valence-electron chi connectivity index (χ4n) is 1.39. The van der Waals surface area contributed by atoms with Crippen molar-refractivity contribution in [3.05, 3.63) is 11.7 Å². The first-order chi connectivity index (χ1) is 8.04. The summed E-state index contributed by atoms with van der Waals surface area (Å²) >= 11 is 4.86. The van der Waals surface area contributed by atoms with Crippen LogP contribution in [0.3, 0.4) is 0 Å². The quantitative estimate of drug-likeness (QED) is 0.727. The van der Waals surface area contributed by atoms with E-state index in [0.29, 0.717) is 18.1 Å². The van der Waals surface area contributed by atoms with E-state index in [2.05, 4.69) is 15.5 Å². The lowest BCUT2D eigenvalue weighted by Crippen LogP contribution is -2.37.